The van der Waals surface area contributed by atoms with Crippen LogP contribution in [0.25, 0.3) is 11.3 Å². The van der Waals surface area contributed by atoms with Gasteiger partial charge in [0.05, 0.1) is 14.2 Å². The number of nitrogens with zero attached hydrogens (tertiary/aromatic N) is 1. The Balaban J connectivity index is 2.41. The number of ether oxygens (including phenoxy) is 2. The van der Waals surface area contributed by atoms with E-state index in [1.165, 1.54) is 0 Å². The molecule has 0 atom stereocenters. The van der Waals surface area contributed by atoms with Crippen LogP contribution in [0.15, 0.2) is 22.6 Å². The Morgan fingerprint density at radius 3 is 2.58 bits per heavy atom. The van der Waals surface area contributed by atoms with Crippen LogP contribution < -0.4 is 15.2 Å². The smallest absolute Gasteiger partial charge is 0.196 e. The highest BCUT2D eigenvalue weighted by Gasteiger charge is 2.13. The Morgan fingerprint density at radius 1 is 1.21 bits per heavy atom. The van der Waals surface area contributed by atoms with Crippen molar-refractivity contribution in [3.05, 3.63) is 29.9 Å². The Morgan fingerprint density at radius 2 is 1.95 bits per heavy atom. The molecular formula is C14H18N2O3. The van der Waals surface area contributed by atoms with E-state index in [0.717, 1.165) is 17.0 Å². The molecule has 0 spiro atoms. The first-order valence-electron chi connectivity index (χ1n) is 6.08. The third-order valence-corrected chi connectivity index (χ3v) is 2.86. The summed E-state index contributed by atoms with van der Waals surface area (Å²) < 4.78 is 16.1. The number of aromatic nitrogens is 1. The molecule has 0 aliphatic rings. The fraction of sp³-hybridized carbons (Fsp3) is 0.357. The Hall–Kier alpha value is -2.01. The first-order valence-corrected chi connectivity index (χ1v) is 6.08. The lowest BCUT2D eigenvalue weighted by Gasteiger charge is -2.08. The van der Waals surface area contributed by atoms with Gasteiger partial charge in [-0.25, -0.2) is 4.98 Å². The number of oxazole rings is 1. The Labute approximate surface area is 112 Å². The Bertz CT molecular complexity index is 564. The van der Waals surface area contributed by atoms with Crippen LogP contribution in [0.3, 0.4) is 0 Å². The summed E-state index contributed by atoms with van der Waals surface area (Å²) in [7, 11) is 3.22. The minimum Gasteiger partial charge on any atom is -0.493 e. The van der Waals surface area contributed by atoms with Crippen molar-refractivity contribution in [3.63, 3.8) is 0 Å². The van der Waals surface area contributed by atoms with Gasteiger partial charge >= 0.3 is 0 Å². The molecule has 5 nitrogen and oxygen atoms in total. The van der Waals surface area contributed by atoms with Crippen LogP contribution in [-0.4, -0.2) is 25.7 Å². The van der Waals surface area contributed by atoms with Gasteiger partial charge in [-0.1, -0.05) is 0 Å². The SMILES string of the molecule is COc1ccc(-c2nc(CCN)oc2C)cc1OC. The second kappa shape index (κ2) is 5.75. The van der Waals surface area contributed by atoms with Gasteiger partial charge in [0.15, 0.2) is 17.4 Å². The molecule has 0 fully saturated rings. The van der Waals surface area contributed by atoms with E-state index in [1.807, 2.05) is 25.1 Å². The molecule has 0 aliphatic heterocycles. The number of benzene rings is 1. The zero-order valence-electron chi connectivity index (χ0n) is 11.4. The summed E-state index contributed by atoms with van der Waals surface area (Å²) >= 11 is 0. The molecule has 2 rings (SSSR count). The first kappa shape index (κ1) is 13.4. The molecule has 102 valence electrons. The molecule has 1 aromatic heterocycles. The highest BCUT2D eigenvalue weighted by atomic mass is 16.5. The van der Waals surface area contributed by atoms with Gasteiger partial charge in [0.1, 0.15) is 11.5 Å². The molecule has 0 aliphatic carbocycles. The van der Waals surface area contributed by atoms with E-state index in [0.29, 0.717) is 30.4 Å². The van der Waals surface area contributed by atoms with E-state index in [2.05, 4.69) is 4.98 Å². The molecule has 0 unspecified atom stereocenters. The number of hydrogen-bond acceptors (Lipinski definition) is 5. The van der Waals surface area contributed by atoms with E-state index in [4.69, 9.17) is 19.6 Å². The summed E-state index contributed by atoms with van der Waals surface area (Å²) in [6.07, 6.45) is 0.633. The summed E-state index contributed by atoms with van der Waals surface area (Å²) in [5.74, 6) is 2.79. The second-order valence-corrected chi connectivity index (χ2v) is 4.12. The molecule has 2 aromatic rings. The van der Waals surface area contributed by atoms with Crippen molar-refractivity contribution < 1.29 is 13.9 Å². The highest BCUT2D eigenvalue weighted by Crippen LogP contribution is 2.33. The van der Waals surface area contributed by atoms with Crippen molar-refractivity contribution in [3.8, 4) is 22.8 Å². The second-order valence-electron chi connectivity index (χ2n) is 4.12. The van der Waals surface area contributed by atoms with Crippen molar-refractivity contribution in [1.82, 2.24) is 4.98 Å². The van der Waals surface area contributed by atoms with Crippen LogP contribution in [0, 0.1) is 6.92 Å². The van der Waals surface area contributed by atoms with E-state index >= 15 is 0 Å². The summed E-state index contributed by atoms with van der Waals surface area (Å²) in [4.78, 5) is 4.46. The lowest BCUT2D eigenvalue weighted by Crippen LogP contribution is -2.02. The van der Waals surface area contributed by atoms with Crippen LogP contribution >= 0.6 is 0 Å². The van der Waals surface area contributed by atoms with E-state index in [1.54, 1.807) is 14.2 Å². The predicted octanol–water partition coefficient (Wildman–Crippen LogP) is 2.17. The number of rotatable bonds is 5. The maximum atomic E-state index is 5.58. The van der Waals surface area contributed by atoms with Crippen molar-refractivity contribution in [2.75, 3.05) is 20.8 Å². The van der Waals surface area contributed by atoms with Gasteiger partial charge in [-0.15, -0.1) is 0 Å². The topological polar surface area (TPSA) is 70.5 Å². The lowest BCUT2D eigenvalue weighted by atomic mass is 10.1. The average Bonchev–Trinajstić information content (AvgIpc) is 2.79. The molecule has 2 N–H and O–H groups in total. The molecule has 1 heterocycles. The van der Waals surface area contributed by atoms with Crippen LogP contribution in [0.1, 0.15) is 11.7 Å². The highest BCUT2D eigenvalue weighted by molar-refractivity contribution is 5.65. The number of aryl methyl sites for hydroxylation is 1. The molecule has 19 heavy (non-hydrogen) atoms. The molecule has 0 saturated heterocycles. The third kappa shape index (κ3) is 2.71. The van der Waals surface area contributed by atoms with Crippen molar-refractivity contribution in [2.45, 2.75) is 13.3 Å². The quantitative estimate of drug-likeness (QED) is 0.894. The van der Waals surface area contributed by atoms with Gasteiger partial charge in [0.25, 0.3) is 0 Å². The average molecular weight is 262 g/mol. The predicted molar refractivity (Wildman–Crippen MR) is 72.5 cm³/mol. The summed E-state index contributed by atoms with van der Waals surface area (Å²) in [5, 5.41) is 0. The van der Waals surface area contributed by atoms with Gasteiger partial charge in [0.2, 0.25) is 0 Å². The standard InChI is InChI=1S/C14H18N2O3/c1-9-14(16-13(19-9)6-7-15)10-4-5-11(17-2)12(8-10)18-3/h4-5,8H,6-7,15H2,1-3H3. The Kier molecular flexibility index (Phi) is 4.06. The number of methoxy groups -OCH3 is 2. The monoisotopic (exact) mass is 262 g/mol. The summed E-state index contributed by atoms with van der Waals surface area (Å²) in [6.45, 7) is 2.41. The zero-order valence-corrected chi connectivity index (χ0v) is 11.4. The third-order valence-electron chi connectivity index (χ3n) is 2.86. The van der Waals surface area contributed by atoms with Crippen LogP contribution in [0.2, 0.25) is 0 Å². The normalized spacial score (nSPS) is 10.5. The maximum Gasteiger partial charge on any atom is 0.196 e. The number of hydrogen-bond donors (Lipinski definition) is 1. The zero-order chi connectivity index (χ0) is 13.8. The van der Waals surface area contributed by atoms with Gasteiger partial charge < -0.3 is 19.6 Å². The van der Waals surface area contributed by atoms with Gasteiger partial charge in [-0.3, -0.25) is 0 Å². The summed E-state index contributed by atoms with van der Waals surface area (Å²) in [6, 6.07) is 5.67. The lowest BCUT2D eigenvalue weighted by molar-refractivity contribution is 0.355. The van der Waals surface area contributed by atoms with E-state index < -0.39 is 0 Å². The van der Waals surface area contributed by atoms with Crippen LogP contribution in [0.4, 0.5) is 0 Å². The van der Waals surface area contributed by atoms with E-state index in [-0.39, 0.29) is 0 Å². The van der Waals surface area contributed by atoms with Crippen molar-refractivity contribution in [1.29, 1.82) is 0 Å². The summed E-state index contributed by atoms with van der Waals surface area (Å²) in [5.41, 5.74) is 7.25. The molecule has 0 radical (unpaired) electrons. The van der Waals surface area contributed by atoms with Crippen LogP contribution in [-0.2, 0) is 6.42 Å². The largest absolute Gasteiger partial charge is 0.493 e. The fourth-order valence-electron chi connectivity index (χ4n) is 1.93. The molecule has 0 saturated carbocycles. The van der Waals surface area contributed by atoms with Gasteiger partial charge in [0, 0.05) is 18.5 Å². The molecule has 1 aromatic carbocycles. The minimum atomic E-state index is 0.519. The molecule has 5 heteroatoms. The molecular weight excluding hydrogens is 244 g/mol. The van der Waals surface area contributed by atoms with Crippen molar-refractivity contribution >= 4 is 0 Å². The van der Waals surface area contributed by atoms with Crippen molar-refractivity contribution in [2.24, 2.45) is 5.73 Å². The molecule has 0 amide bonds. The maximum absolute atomic E-state index is 5.58. The van der Waals surface area contributed by atoms with Gasteiger partial charge in [-0.05, 0) is 25.1 Å². The van der Waals surface area contributed by atoms with E-state index in [9.17, 15) is 0 Å². The fourth-order valence-corrected chi connectivity index (χ4v) is 1.93. The van der Waals surface area contributed by atoms with Gasteiger partial charge in [-0.2, -0.15) is 0 Å². The number of nitrogens with two attached hydrogens (primary N) is 1. The van der Waals surface area contributed by atoms with Crippen LogP contribution in [0.5, 0.6) is 11.5 Å². The minimum absolute atomic E-state index is 0.519. The molecule has 0 bridgehead atoms. The first-order chi connectivity index (χ1) is 9.19.